The van der Waals surface area contributed by atoms with E-state index in [0.29, 0.717) is 36.6 Å². The van der Waals surface area contributed by atoms with Gasteiger partial charge >= 0.3 is 0 Å². The lowest BCUT2D eigenvalue weighted by Crippen LogP contribution is -2.48. The number of amides is 2. The molecule has 2 amide bonds. The Balaban J connectivity index is 1.45. The number of carbonyl (C=O) groups excluding carboxylic acids is 2. The summed E-state index contributed by atoms with van der Waals surface area (Å²) in [5, 5.41) is 15.1. The van der Waals surface area contributed by atoms with Gasteiger partial charge in [-0.2, -0.15) is 5.26 Å². The van der Waals surface area contributed by atoms with Gasteiger partial charge in [-0.25, -0.2) is 9.37 Å². The molecule has 37 heavy (non-hydrogen) atoms. The van der Waals surface area contributed by atoms with Crippen molar-refractivity contribution in [1.29, 1.82) is 5.26 Å². The number of nitriles is 1. The van der Waals surface area contributed by atoms with E-state index in [1.165, 1.54) is 12.1 Å². The van der Waals surface area contributed by atoms with Crippen LogP contribution in [0.3, 0.4) is 0 Å². The van der Waals surface area contributed by atoms with Gasteiger partial charge in [0.15, 0.2) is 0 Å². The summed E-state index contributed by atoms with van der Waals surface area (Å²) in [6.45, 7) is 4.09. The molecular weight excluding hydrogens is 471 g/mol. The summed E-state index contributed by atoms with van der Waals surface area (Å²) in [4.78, 5) is 33.3. The van der Waals surface area contributed by atoms with E-state index in [2.05, 4.69) is 21.7 Å². The average Bonchev–Trinajstić information content (AvgIpc) is 2.91. The number of aromatic nitrogens is 1. The first-order valence-corrected chi connectivity index (χ1v) is 12.1. The number of likely N-dealkylation sites (N-methyl/N-ethyl adjacent to an activating group) is 1. The van der Waals surface area contributed by atoms with Crippen LogP contribution in [0.2, 0.25) is 0 Å². The van der Waals surface area contributed by atoms with E-state index in [1.54, 1.807) is 48.5 Å². The highest BCUT2D eigenvalue weighted by atomic mass is 19.1. The van der Waals surface area contributed by atoms with Gasteiger partial charge in [0.25, 0.3) is 0 Å². The second-order valence-electron chi connectivity index (χ2n) is 9.16. The number of rotatable bonds is 8. The van der Waals surface area contributed by atoms with E-state index < -0.39 is 11.9 Å². The summed E-state index contributed by atoms with van der Waals surface area (Å²) in [7, 11) is 1.78. The fraction of sp³-hybridized carbons (Fsp3) is 0.286. The molecule has 1 aromatic heterocycles. The third-order valence-corrected chi connectivity index (χ3v) is 6.50. The number of anilines is 2. The minimum atomic E-state index is -0.812. The van der Waals surface area contributed by atoms with Crippen molar-refractivity contribution >= 4 is 23.3 Å². The predicted molar refractivity (Wildman–Crippen MR) is 139 cm³/mol. The fourth-order valence-electron chi connectivity index (χ4n) is 4.17. The lowest BCUT2D eigenvalue weighted by molar-refractivity contribution is -0.129. The van der Waals surface area contributed by atoms with E-state index in [0.717, 1.165) is 11.3 Å². The van der Waals surface area contributed by atoms with Crippen LogP contribution in [0.15, 0.2) is 66.9 Å². The van der Waals surface area contributed by atoms with Crippen LogP contribution in [0.5, 0.6) is 0 Å². The molecule has 0 bridgehead atoms. The van der Waals surface area contributed by atoms with Gasteiger partial charge in [0.2, 0.25) is 11.8 Å². The molecule has 1 aliphatic heterocycles. The molecule has 0 aliphatic carbocycles. The maximum Gasteiger partial charge on any atom is 0.247 e. The third kappa shape index (κ3) is 6.48. The molecule has 0 spiro atoms. The quantitative estimate of drug-likeness (QED) is 0.491. The summed E-state index contributed by atoms with van der Waals surface area (Å²) in [5.41, 5.74) is 2.90. The van der Waals surface area contributed by atoms with Crippen LogP contribution in [0, 0.1) is 17.1 Å². The van der Waals surface area contributed by atoms with Crippen molar-refractivity contribution in [3.8, 4) is 6.07 Å². The monoisotopic (exact) mass is 500 g/mol. The fourth-order valence-corrected chi connectivity index (χ4v) is 4.17. The van der Waals surface area contributed by atoms with Crippen LogP contribution in [0.4, 0.5) is 15.9 Å². The van der Waals surface area contributed by atoms with E-state index in [-0.39, 0.29) is 24.3 Å². The highest BCUT2D eigenvalue weighted by Gasteiger charge is 2.24. The number of nitrogens with one attached hydrogen (secondary N) is 2. The maximum absolute atomic E-state index is 14.0. The Hall–Kier alpha value is -4.29. The summed E-state index contributed by atoms with van der Waals surface area (Å²) in [6.07, 6.45) is 1.63. The van der Waals surface area contributed by atoms with Crippen LogP contribution in [-0.2, 0) is 9.59 Å². The van der Waals surface area contributed by atoms with Crippen molar-refractivity contribution in [1.82, 2.24) is 15.2 Å². The molecule has 8 nitrogen and oxygen atoms in total. The van der Waals surface area contributed by atoms with Gasteiger partial charge in [0, 0.05) is 26.7 Å². The molecule has 0 saturated carbocycles. The molecule has 2 heterocycles. The standard InChI is InChI=1S/C28H29FN6O2/c1-19(21-8-6-20(15-30)7-9-21)16-32-27(22-4-3-5-23(29)14-22)28(37)33-25-11-10-24(17-31-25)35-13-12-34(2)26(36)18-35/h3-11,14,17,19,27,32H,12-13,16,18H2,1-2H3,(H,31,33,37). The number of hydrogen-bond donors (Lipinski definition) is 2. The zero-order valence-electron chi connectivity index (χ0n) is 20.8. The smallest absolute Gasteiger partial charge is 0.247 e. The van der Waals surface area contributed by atoms with Crippen LogP contribution in [-0.4, -0.2) is 54.9 Å². The van der Waals surface area contributed by atoms with Gasteiger partial charge in [-0.15, -0.1) is 0 Å². The largest absolute Gasteiger partial charge is 0.359 e. The number of nitrogens with zero attached hydrogens (tertiary/aromatic N) is 4. The first kappa shape index (κ1) is 25.8. The Morgan fingerprint density at radius 1 is 1.14 bits per heavy atom. The van der Waals surface area contributed by atoms with Gasteiger partial charge in [0.05, 0.1) is 30.1 Å². The van der Waals surface area contributed by atoms with Crippen LogP contribution < -0.4 is 15.5 Å². The van der Waals surface area contributed by atoms with Crippen LogP contribution in [0.25, 0.3) is 0 Å². The summed E-state index contributed by atoms with van der Waals surface area (Å²) in [5.74, 6) is -0.352. The molecule has 1 fully saturated rings. The molecule has 190 valence electrons. The van der Waals surface area contributed by atoms with Crippen LogP contribution >= 0.6 is 0 Å². The number of halogens is 1. The molecule has 9 heteroatoms. The second kappa shape index (κ2) is 11.6. The van der Waals surface area contributed by atoms with Gasteiger partial charge < -0.3 is 20.4 Å². The molecule has 4 rings (SSSR count). The zero-order chi connectivity index (χ0) is 26.4. The Morgan fingerprint density at radius 3 is 2.57 bits per heavy atom. The minimum absolute atomic E-state index is 0.0420. The summed E-state index contributed by atoms with van der Waals surface area (Å²) >= 11 is 0. The first-order valence-electron chi connectivity index (χ1n) is 12.1. The van der Waals surface area contributed by atoms with E-state index in [4.69, 9.17) is 5.26 Å². The van der Waals surface area contributed by atoms with E-state index >= 15 is 0 Å². The van der Waals surface area contributed by atoms with Gasteiger partial charge in [-0.05, 0) is 53.4 Å². The molecule has 1 saturated heterocycles. The number of carbonyl (C=O) groups is 2. The lowest BCUT2D eigenvalue weighted by Gasteiger charge is -2.33. The number of benzene rings is 2. The van der Waals surface area contributed by atoms with E-state index in [9.17, 15) is 14.0 Å². The highest BCUT2D eigenvalue weighted by Crippen LogP contribution is 2.22. The minimum Gasteiger partial charge on any atom is -0.359 e. The molecule has 0 radical (unpaired) electrons. The van der Waals surface area contributed by atoms with Crippen molar-refractivity contribution in [2.75, 3.05) is 43.4 Å². The Bertz CT molecular complexity index is 1290. The Kier molecular flexibility index (Phi) is 8.11. The molecular formula is C28H29FN6O2. The summed E-state index contributed by atoms with van der Waals surface area (Å²) in [6, 6.07) is 18.0. The van der Waals surface area contributed by atoms with Crippen molar-refractivity contribution in [2.45, 2.75) is 18.9 Å². The summed E-state index contributed by atoms with van der Waals surface area (Å²) < 4.78 is 14.0. The number of piperazine rings is 1. The third-order valence-electron chi connectivity index (χ3n) is 6.50. The Morgan fingerprint density at radius 2 is 1.92 bits per heavy atom. The van der Waals surface area contributed by atoms with Gasteiger partial charge in [-0.3, -0.25) is 9.59 Å². The van der Waals surface area contributed by atoms with E-state index in [1.807, 2.05) is 30.0 Å². The molecule has 2 N–H and O–H groups in total. The molecule has 2 unspecified atom stereocenters. The molecule has 2 aromatic carbocycles. The molecule has 3 aromatic rings. The topological polar surface area (TPSA) is 101 Å². The SMILES string of the molecule is CC(CNC(C(=O)Nc1ccc(N2CCN(C)C(=O)C2)cn1)c1cccc(F)c1)c1ccc(C#N)cc1. The lowest BCUT2D eigenvalue weighted by atomic mass is 9.98. The van der Waals surface area contributed by atoms with Gasteiger partial charge in [0.1, 0.15) is 17.7 Å². The Labute approximate surface area is 215 Å². The second-order valence-corrected chi connectivity index (χ2v) is 9.16. The predicted octanol–water partition coefficient (Wildman–Crippen LogP) is 3.44. The molecule has 2 atom stereocenters. The molecule has 1 aliphatic rings. The van der Waals surface area contributed by atoms with Crippen molar-refractivity contribution < 1.29 is 14.0 Å². The number of pyridine rings is 1. The van der Waals surface area contributed by atoms with Crippen molar-refractivity contribution in [3.63, 3.8) is 0 Å². The highest BCUT2D eigenvalue weighted by molar-refractivity contribution is 5.95. The first-order chi connectivity index (χ1) is 17.8. The zero-order valence-corrected chi connectivity index (χ0v) is 20.8. The average molecular weight is 501 g/mol. The normalized spacial score (nSPS) is 15.1. The van der Waals surface area contributed by atoms with Crippen LogP contribution in [0.1, 0.15) is 35.6 Å². The van der Waals surface area contributed by atoms with Crippen molar-refractivity contribution in [3.05, 3.63) is 89.4 Å². The van der Waals surface area contributed by atoms with Crippen molar-refractivity contribution in [2.24, 2.45) is 0 Å². The maximum atomic E-state index is 14.0. The van der Waals surface area contributed by atoms with Gasteiger partial charge in [-0.1, -0.05) is 31.2 Å². The number of hydrogen-bond acceptors (Lipinski definition) is 6.